The number of nitrogens with zero attached hydrogens (tertiary/aromatic N) is 2. The molecule has 0 saturated heterocycles. The second-order valence-corrected chi connectivity index (χ2v) is 7.16. The summed E-state index contributed by atoms with van der Waals surface area (Å²) in [6.07, 6.45) is 1.55. The lowest BCUT2D eigenvalue weighted by molar-refractivity contribution is -0.126. The van der Waals surface area contributed by atoms with Crippen LogP contribution in [0.15, 0.2) is 0 Å². The fourth-order valence-electron chi connectivity index (χ4n) is 1.62. The second kappa shape index (κ2) is 7.33. The van der Waals surface area contributed by atoms with E-state index in [0.717, 1.165) is 16.4 Å². The first-order chi connectivity index (χ1) is 8.66. The van der Waals surface area contributed by atoms with Crippen LogP contribution in [0.2, 0.25) is 0 Å². The lowest BCUT2D eigenvalue weighted by atomic mass is 9.97. The van der Waals surface area contributed by atoms with Crippen molar-refractivity contribution < 1.29 is 4.79 Å². The maximum atomic E-state index is 12.0. The normalized spacial score (nSPS) is 14.3. The first-order valence-corrected chi connectivity index (χ1v) is 7.38. The first kappa shape index (κ1) is 19.3. The Balaban J connectivity index is 0.00000361. The number of rotatable bonds is 5. The molecule has 0 aliphatic rings. The summed E-state index contributed by atoms with van der Waals surface area (Å²) in [5, 5.41) is 12.9. The minimum absolute atomic E-state index is 0. The first-order valence-electron chi connectivity index (χ1n) is 6.57. The van der Waals surface area contributed by atoms with Gasteiger partial charge in [0, 0.05) is 5.41 Å². The van der Waals surface area contributed by atoms with Crippen LogP contribution in [-0.4, -0.2) is 21.6 Å². The molecule has 5 nitrogen and oxygen atoms in total. The van der Waals surface area contributed by atoms with E-state index in [1.54, 1.807) is 6.92 Å². The number of carbonyl (C=O) groups is 1. The Bertz CT molecular complexity index is 440. The number of nitrogens with one attached hydrogen (secondary N) is 1. The van der Waals surface area contributed by atoms with E-state index in [1.165, 1.54) is 11.3 Å². The van der Waals surface area contributed by atoms with Crippen LogP contribution in [0.5, 0.6) is 0 Å². The van der Waals surface area contributed by atoms with E-state index in [1.807, 2.05) is 6.92 Å². The Morgan fingerprint density at radius 3 is 2.35 bits per heavy atom. The maximum absolute atomic E-state index is 12.0. The Hall–Kier alpha value is -0.720. The number of hydrogen-bond acceptors (Lipinski definition) is 5. The van der Waals surface area contributed by atoms with Crippen LogP contribution in [0.1, 0.15) is 57.5 Å². The summed E-state index contributed by atoms with van der Waals surface area (Å²) in [5.74, 6) is -0.137. The molecule has 0 bridgehead atoms. The van der Waals surface area contributed by atoms with E-state index in [0.29, 0.717) is 13.0 Å². The van der Waals surface area contributed by atoms with Crippen LogP contribution in [0, 0.1) is 0 Å². The molecule has 0 radical (unpaired) electrons. The van der Waals surface area contributed by atoms with Crippen LogP contribution < -0.4 is 11.1 Å². The predicted octanol–water partition coefficient (Wildman–Crippen LogP) is 2.39. The molecule has 0 saturated carbocycles. The third-order valence-corrected chi connectivity index (χ3v) is 4.15. The third kappa shape index (κ3) is 5.34. The van der Waals surface area contributed by atoms with Gasteiger partial charge in [0.25, 0.3) is 0 Å². The summed E-state index contributed by atoms with van der Waals surface area (Å²) in [6.45, 7) is 10.4. The zero-order chi connectivity index (χ0) is 14.7. The van der Waals surface area contributed by atoms with Crippen LogP contribution in [-0.2, 0) is 16.8 Å². The third-order valence-electron chi connectivity index (χ3n) is 2.80. The van der Waals surface area contributed by atoms with Crippen molar-refractivity contribution in [2.45, 2.75) is 65.0 Å². The van der Waals surface area contributed by atoms with Crippen molar-refractivity contribution in [2.24, 2.45) is 5.73 Å². The summed E-state index contributed by atoms with van der Waals surface area (Å²) < 4.78 is 0. The predicted molar refractivity (Wildman–Crippen MR) is 85.2 cm³/mol. The average molecular weight is 321 g/mol. The zero-order valence-electron chi connectivity index (χ0n) is 12.8. The Morgan fingerprint density at radius 1 is 1.30 bits per heavy atom. The highest BCUT2D eigenvalue weighted by atomic mass is 35.5. The molecule has 0 spiro atoms. The molecular weight excluding hydrogens is 296 g/mol. The molecule has 7 heteroatoms. The highest BCUT2D eigenvalue weighted by Gasteiger charge is 2.27. The van der Waals surface area contributed by atoms with Crippen LogP contribution >= 0.6 is 23.7 Å². The van der Waals surface area contributed by atoms with Crippen molar-refractivity contribution in [3.8, 4) is 0 Å². The van der Waals surface area contributed by atoms with E-state index in [-0.39, 0.29) is 23.7 Å². The van der Waals surface area contributed by atoms with Crippen molar-refractivity contribution in [3.63, 3.8) is 0 Å². The van der Waals surface area contributed by atoms with Crippen molar-refractivity contribution in [1.29, 1.82) is 0 Å². The molecule has 0 aliphatic heterocycles. The minimum atomic E-state index is -0.813. The number of nitrogens with two attached hydrogens (primary N) is 1. The number of carbonyl (C=O) groups excluding carboxylic acids is 1. The molecule has 116 valence electrons. The van der Waals surface area contributed by atoms with Gasteiger partial charge in [-0.05, 0) is 13.3 Å². The van der Waals surface area contributed by atoms with Crippen molar-refractivity contribution >= 4 is 29.7 Å². The van der Waals surface area contributed by atoms with Gasteiger partial charge in [-0.1, -0.05) is 45.5 Å². The van der Waals surface area contributed by atoms with Gasteiger partial charge in [0.15, 0.2) is 0 Å². The monoisotopic (exact) mass is 320 g/mol. The van der Waals surface area contributed by atoms with Crippen molar-refractivity contribution in [2.75, 3.05) is 0 Å². The van der Waals surface area contributed by atoms with Gasteiger partial charge >= 0.3 is 0 Å². The molecule has 1 unspecified atom stereocenters. The highest BCUT2D eigenvalue weighted by molar-refractivity contribution is 7.11. The average Bonchev–Trinajstić information content (AvgIpc) is 2.73. The van der Waals surface area contributed by atoms with Gasteiger partial charge in [-0.3, -0.25) is 4.79 Å². The van der Waals surface area contributed by atoms with E-state index in [4.69, 9.17) is 5.73 Å². The molecule has 20 heavy (non-hydrogen) atoms. The van der Waals surface area contributed by atoms with Crippen LogP contribution in [0.4, 0.5) is 0 Å². The summed E-state index contributed by atoms with van der Waals surface area (Å²) in [5.41, 5.74) is 5.14. The fraction of sp³-hybridized carbons (Fsp3) is 0.769. The standard InChI is InChI=1S/C13H24N4OS.ClH/c1-6-7-13(5,14)10(18)15-8-9-16-17-11(19-9)12(2,3)4;/h6-8,14H2,1-5H3,(H,15,18);1H. The molecule has 1 amide bonds. The second-order valence-electron chi connectivity index (χ2n) is 6.10. The van der Waals surface area contributed by atoms with Crippen LogP contribution in [0.3, 0.4) is 0 Å². The minimum Gasteiger partial charge on any atom is -0.348 e. The molecule has 1 heterocycles. The smallest absolute Gasteiger partial charge is 0.240 e. The maximum Gasteiger partial charge on any atom is 0.240 e. The molecule has 0 aromatic carbocycles. The van der Waals surface area contributed by atoms with E-state index >= 15 is 0 Å². The molecule has 3 N–H and O–H groups in total. The summed E-state index contributed by atoms with van der Waals surface area (Å²) in [7, 11) is 0. The van der Waals surface area contributed by atoms with Crippen molar-refractivity contribution in [3.05, 3.63) is 10.0 Å². The number of hydrogen-bond donors (Lipinski definition) is 2. The van der Waals surface area contributed by atoms with Crippen LogP contribution in [0.25, 0.3) is 0 Å². The largest absolute Gasteiger partial charge is 0.348 e. The molecular formula is C13H25ClN4OS. The molecule has 0 aliphatic carbocycles. The molecule has 1 aromatic rings. The number of halogens is 1. The fourth-order valence-corrected chi connectivity index (χ4v) is 2.46. The van der Waals surface area contributed by atoms with Gasteiger partial charge in [0.05, 0.1) is 12.1 Å². The van der Waals surface area contributed by atoms with E-state index in [9.17, 15) is 4.79 Å². The molecule has 1 atom stereocenters. The van der Waals surface area contributed by atoms with Gasteiger partial charge < -0.3 is 11.1 Å². The zero-order valence-corrected chi connectivity index (χ0v) is 14.5. The molecule has 0 fully saturated rings. The van der Waals surface area contributed by atoms with Gasteiger partial charge in [-0.2, -0.15) is 0 Å². The Kier molecular flexibility index (Phi) is 7.07. The van der Waals surface area contributed by atoms with Gasteiger partial charge in [0.2, 0.25) is 5.91 Å². The molecule has 1 aromatic heterocycles. The summed E-state index contributed by atoms with van der Waals surface area (Å²) >= 11 is 1.53. The Morgan fingerprint density at radius 2 is 1.90 bits per heavy atom. The summed E-state index contributed by atoms with van der Waals surface area (Å²) in [4.78, 5) is 12.0. The van der Waals surface area contributed by atoms with E-state index < -0.39 is 5.54 Å². The van der Waals surface area contributed by atoms with Crippen molar-refractivity contribution in [1.82, 2.24) is 15.5 Å². The topological polar surface area (TPSA) is 80.9 Å². The number of amides is 1. The quantitative estimate of drug-likeness (QED) is 0.873. The lowest BCUT2D eigenvalue weighted by Gasteiger charge is -2.22. The highest BCUT2D eigenvalue weighted by Crippen LogP contribution is 2.25. The SMILES string of the molecule is CCCC(C)(N)C(=O)NCc1nnc(C(C)(C)C)s1.Cl. The lowest BCUT2D eigenvalue weighted by Crippen LogP contribution is -2.51. The van der Waals surface area contributed by atoms with Gasteiger partial charge in [-0.25, -0.2) is 0 Å². The van der Waals surface area contributed by atoms with Gasteiger partial charge in [-0.15, -0.1) is 22.6 Å². The van der Waals surface area contributed by atoms with E-state index in [2.05, 4.69) is 36.3 Å². The van der Waals surface area contributed by atoms with Gasteiger partial charge in [0.1, 0.15) is 10.0 Å². The summed E-state index contributed by atoms with van der Waals surface area (Å²) in [6, 6.07) is 0. The number of aromatic nitrogens is 2. The molecule has 1 rings (SSSR count). The Labute approximate surface area is 131 Å².